The third kappa shape index (κ3) is 5.71. The topological polar surface area (TPSA) is 41.1 Å². The number of hydrogen-bond acceptors (Lipinski definition) is 3. The van der Waals surface area contributed by atoms with Crippen LogP contribution in [0.25, 0.3) is 0 Å². The lowest BCUT2D eigenvalue weighted by Gasteiger charge is -2.11. The minimum atomic E-state index is -0.0412. The lowest BCUT2D eigenvalue weighted by Crippen LogP contribution is -2.26. The molecule has 2 N–H and O–H groups in total. The molecule has 0 aliphatic carbocycles. The van der Waals surface area contributed by atoms with Gasteiger partial charge in [0.15, 0.2) is 0 Å². The summed E-state index contributed by atoms with van der Waals surface area (Å²) in [5.74, 6) is 4.04. The fourth-order valence-electron chi connectivity index (χ4n) is 1.56. The molecule has 19 heavy (non-hydrogen) atoms. The Bertz CT molecular complexity index is 440. The highest BCUT2D eigenvalue weighted by Gasteiger charge is 2.09. The molecule has 0 radical (unpaired) electrons. The van der Waals surface area contributed by atoms with Gasteiger partial charge in [0.2, 0.25) is 0 Å². The molecule has 0 fully saturated rings. The van der Waals surface area contributed by atoms with Gasteiger partial charge in [0.25, 0.3) is 5.91 Å². The second-order valence-electron chi connectivity index (χ2n) is 3.98. The Morgan fingerprint density at radius 1 is 1.37 bits per heavy atom. The maximum atomic E-state index is 12.1. The highest BCUT2D eigenvalue weighted by molar-refractivity contribution is 7.99. The molecule has 4 heteroatoms. The van der Waals surface area contributed by atoms with E-state index in [9.17, 15) is 4.79 Å². The first-order valence-electron chi connectivity index (χ1n) is 6.42. The second-order valence-corrected chi connectivity index (χ2v) is 5.09. The largest absolute Gasteiger partial charge is 0.384 e. The van der Waals surface area contributed by atoms with Crippen molar-refractivity contribution in [1.82, 2.24) is 5.32 Å². The number of hydrogen-bond donors (Lipinski definition) is 2. The zero-order valence-corrected chi connectivity index (χ0v) is 12.1. The first-order valence-corrected chi connectivity index (χ1v) is 7.57. The summed E-state index contributed by atoms with van der Waals surface area (Å²) >= 11 is 1.64. The van der Waals surface area contributed by atoms with E-state index < -0.39 is 0 Å². The predicted molar refractivity (Wildman–Crippen MR) is 83.7 cm³/mol. The summed E-state index contributed by atoms with van der Waals surface area (Å²) in [4.78, 5) is 12.1. The quantitative estimate of drug-likeness (QED) is 0.566. The van der Waals surface area contributed by atoms with Crippen LogP contribution in [0.15, 0.2) is 24.3 Å². The second kappa shape index (κ2) is 9.35. The summed E-state index contributed by atoms with van der Waals surface area (Å²) in [6.07, 6.45) is 6.19. The summed E-state index contributed by atoms with van der Waals surface area (Å²) in [5, 5.41) is 6.17. The van der Waals surface area contributed by atoms with E-state index in [1.54, 1.807) is 11.8 Å². The average molecular weight is 276 g/mol. The predicted octanol–water partition coefficient (Wildman–Crippen LogP) is 2.60. The van der Waals surface area contributed by atoms with E-state index in [0.29, 0.717) is 17.9 Å². The molecule has 0 aliphatic heterocycles. The van der Waals surface area contributed by atoms with Crippen LogP contribution in [0.5, 0.6) is 0 Å². The fraction of sp³-hybridized carbons (Fsp3) is 0.400. The molecule has 0 aliphatic rings. The van der Waals surface area contributed by atoms with E-state index in [2.05, 4.69) is 23.5 Å². The van der Waals surface area contributed by atoms with E-state index in [1.165, 1.54) is 0 Å². The molecule has 1 aromatic carbocycles. The van der Waals surface area contributed by atoms with Gasteiger partial charge in [-0.3, -0.25) is 4.79 Å². The van der Waals surface area contributed by atoms with Crippen LogP contribution >= 0.6 is 11.8 Å². The number of carbonyl (C=O) groups is 1. The number of rotatable bonds is 8. The van der Waals surface area contributed by atoms with Gasteiger partial charge in [-0.25, -0.2) is 0 Å². The molecule has 0 heterocycles. The Hall–Kier alpha value is -1.60. The monoisotopic (exact) mass is 276 g/mol. The molecule has 0 atom stereocenters. The van der Waals surface area contributed by atoms with Crippen LogP contribution in [0, 0.1) is 12.3 Å². The van der Waals surface area contributed by atoms with Crippen LogP contribution in [0.2, 0.25) is 0 Å². The van der Waals surface area contributed by atoms with Gasteiger partial charge in [0.1, 0.15) is 0 Å². The molecule has 3 nitrogen and oxygen atoms in total. The Morgan fingerprint density at radius 2 is 2.16 bits per heavy atom. The van der Waals surface area contributed by atoms with Gasteiger partial charge in [-0.15, -0.1) is 18.2 Å². The summed E-state index contributed by atoms with van der Waals surface area (Å²) in [6, 6.07) is 7.57. The van der Waals surface area contributed by atoms with Crippen LogP contribution in [0.4, 0.5) is 5.69 Å². The van der Waals surface area contributed by atoms with E-state index in [1.807, 2.05) is 24.3 Å². The third-order valence-electron chi connectivity index (χ3n) is 2.45. The Labute approximate surface area is 119 Å². The molecule has 102 valence electrons. The van der Waals surface area contributed by atoms with Crippen LogP contribution in [-0.4, -0.2) is 30.5 Å². The van der Waals surface area contributed by atoms with Gasteiger partial charge in [-0.05, 0) is 18.6 Å². The van der Waals surface area contributed by atoms with Crippen molar-refractivity contribution in [3.05, 3.63) is 29.8 Å². The Morgan fingerprint density at radius 3 is 2.89 bits per heavy atom. The summed E-state index contributed by atoms with van der Waals surface area (Å²) in [7, 11) is 0. The zero-order valence-electron chi connectivity index (χ0n) is 11.2. The molecule has 1 rings (SSSR count). The normalized spacial score (nSPS) is 9.68. The number of thioether (sulfide) groups is 1. The number of terminal acetylenes is 1. The molecule has 1 aromatic rings. The van der Waals surface area contributed by atoms with E-state index in [-0.39, 0.29) is 5.91 Å². The minimum Gasteiger partial charge on any atom is -0.384 e. The third-order valence-corrected chi connectivity index (χ3v) is 3.32. The smallest absolute Gasteiger partial charge is 0.253 e. The van der Waals surface area contributed by atoms with Crippen molar-refractivity contribution >= 4 is 23.4 Å². The minimum absolute atomic E-state index is 0.0412. The van der Waals surface area contributed by atoms with Crippen molar-refractivity contribution < 1.29 is 4.79 Å². The summed E-state index contributed by atoms with van der Waals surface area (Å²) in [5.41, 5.74) is 1.58. The standard InChI is InChI=1S/C15H20N2OS/c1-3-9-16-14-8-6-5-7-13(14)15(18)17-10-12-19-11-4-2/h2,5-8,16H,3,9-12H2,1H3,(H,17,18). The van der Waals surface area contributed by atoms with Crippen molar-refractivity contribution in [2.24, 2.45) is 0 Å². The Kier molecular flexibility index (Phi) is 7.60. The van der Waals surface area contributed by atoms with Crippen LogP contribution < -0.4 is 10.6 Å². The number of anilines is 1. The molecule has 0 aromatic heterocycles. The lowest BCUT2D eigenvalue weighted by atomic mass is 10.1. The maximum Gasteiger partial charge on any atom is 0.253 e. The van der Waals surface area contributed by atoms with Gasteiger partial charge in [0.05, 0.1) is 11.3 Å². The molecule has 0 spiro atoms. The highest BCUT2D eigenvalue weighted by Crippen LogP contribution is 2.14. The van der Waals surface area contributed by atoms with E-state index in [4.69, 9.17) is 6.42 Å². The van der Waals surface area contributed by atoms with Crippen LogP contribution in [0.1, 0.15) is 23.7 Å². The number of nitrogens with one attached hydrogen (secondary N) is 2. The van der Waals surface area contributed by atoms with Crippen molar-refractivity contribution in [2.45, 2.75) is 13.3 Å². The average Bonchev–Trinajstić information content (AvgIpc) is 2.45. The van der Waals surface area contributed by atoms with Crippen molar-refractivity contribution in [3.8, 4) is 12.3 Å². The molecular formula is C15H20N2OS. The van der Waals surface area contributed by atoms with Crippen LogP contribution in [0.3, 0.4) is 0 Å². The summed E-state index contributed by atoms with van der Waals surface area (Å²) in [6.45, 7) is 3.59. The number of amides is 1. The van der Waals surface area contributed by atoms with E-state index in [0.717, 1.165) is 24.4 Å². The molecular weight excluding hydrogens is 256 g/mol. The van der Waals surface area contributed by atoms with Gasteiger partial charge in [-0.1, -0.05) is 25.0 Å². The first-order chi connectivity index (χ1) is 9.29. The fourth-order valence-corrected chi connectivity index (χ4v) is 2.07. The highest BCUT2D eigenvalue weighted by atomic mass is 32.2. The van der Waals surface area contributed by atoms with Crippen LogP contribution in [-0.2, 0) is 0 Å². The van der Waals surface area contributed by atoms with Gasteiger partial charge < -0.3 is 10.6 Å². The first kappa shape index (κ1) is 15.5. The molecule has 0 saturated heterocycles. The lowest BCUT2D eigenvalue weighted by molar-refractivity contribution is 0.0957. The maximum absolute atomic E-state index is 12.1. The molecule has 0 bridgehead atoms. The number of carbonyl (C=O) groups excluding carboxylic acids is 1. The summed E-state index contributed by atoms with van der Waals surface area (Å²) < 4.78 is 0. The SMILES string of the molecule is C#CCSCCNC(=O)c1ccccc1NCCC. The van der Waals surface area contributed by atoms with Gasteiger partial charge in [0, 0.05) is 24.5 Å². The van der Waals surface area contributed by atoms with Crippen molar-refractivity contribution in [2.75, 3.05) is 29.9 Å². The molecule has 0 unspecified atom stereocenters. The molecule has 1 amide bonds. The number of benzene rings is 1. The Balaban J connectivity index is 2.49. The zero-order chi connectivity index (χ0) is 13.9. The van der Waals surface area contributed by atoms with Crippen molar-refractivity contribution in [3.63, 3.8) is 0 Å². The van der Waals surface area contributed by atoms with Gasteiger partial charge in [-0.2, -0.15) is 0 Å². The van der Waals surface area contributed by atoms with E-state index >= 15 is 0 Å². The van der Waals surface area contributed by atoms with Gasteiger partial charge >= 0.3 is 0 Å². The molecule has 0 saturated carbocycles. The number of para-hydroxylation sites is 1. The van der Waals surface area contributed by atoms with Crippen molar-refractivity contribution in [1.29, 1.82) is 0 Å².